The van der Waals surface area contributed by atoms with Crippen molar-refractivity contribution >= 4 is 5.96 Å². The second-order valence-corrected chi connectivity index (χ2v) is 8.46. The Bertz CT molecular complexity index is 877. The van der Waals surface area contributed by atoms with Crippen LogP contribution in [0.5, 0.6) is 5.75 Å². The summed E-state index contributed by atoms with van der Waals surface area (Å²) in [4.78, 5) is 9.71. The first kappa shape index (κ1) is 22.6. The molecule has 4 rings (SSSR count). The van der Waals surface area contributed by atoms with E-state index in [2.05, 4.69) is 45.5 Å². The van der Waals surface area contributed by atoms with Crippen molar-refractivity contribution in [1.29, 1.82) is 0 Å². The van der Waals surface area contributed by atoms with Gasteiger partial charge in [0.05, 0.1) is 26.0 Å². The highest BCUT2D eigenvalue weighted by Gasteiger charge is 2.27. The summed E-state index contributed by atoms with van der Waals surface area (Å²) in [7, 11) is 1.97. The van der Waals surface area contributed by atoms with Crippen molar-refractivity contribution in [3.63, 3.8) is 0 Å². The van der Waals surface area contributed by atoms with Gasteiger partial charge in [-0.05, 0) is 25.0 Å². The number of guanidine groups is 1. The van der Waals surface area contributed by atoms with E-state index in [9.17, 15) is 0 Å². The topological polar surface area (TPSA) is 67.2 Å². The van der Waals surface area contributed by atoms with Crippen molar-refractivity contribution in [2.45, 2.75) is 25.8 Å². The lowest BCUT2D eigenvalue weighted by Gasteiger charge is -2.26. The summed E-state index contributed by atoms with van der Waals surface area (Å²) in [5, 5.41) is 7.81. The van der Waals surface area contributed by atoms with E-state index in [4.69, 9.17) is 14.5 Å². The zero-order valence-electron chi connectivity index (χ0n) is 19.4. The molecule has 0 amide bonds. The third-order valence-electron chi connectivity index (χ3n) is 6.16. The van der Waals surface area contributed by atoms with Gasteiger partial charge in [0.2, 0.25) is 0 Å². The molecular weight excluding hydrogens is 404 g/mol. The van der Waals surface area contributed by atoms with Crippen molar-refractivity contribution in [3.8, 4) is 5.75 Å². The Morgan fingerprint density at radius 3 is 2.88 bits per heavy atom. The van der Waals surface area contributed by atoms with Crippen LogP contribution < -0.4 is 10.1 Å². The third kappa shape index (κ3) is 6.01. The van der Waals surface area contributed by atoms with E-state index in [0.29, 0.717) is 19.1 Å². The summed E-state index contributed by atoms with van der Waals surface area (Å²) in [5.41, 5.74) is 2.43. The van der Waals surface area contributed by atoms with Gasteiger partial charge in [-0.3, -0.25) is 9.58 Å². The minimum absolute atomic E-state index is 0.503. The summed E-state index contributed by atoms with van der Waals surface area (Å²) in [5.74, 6) is 2.40. The average molecular weight is 441 g/mol. The standard InChI is InChI=1S/C24H36N6O2/c1-3-25-24(30-9-8-21(19-30)22-17-27-28(2)18-22)26-16-20-6-4-5-7-23(20)32-15-12-29-10-13-31-14-11-29/h4-7,17-18,21H,3,8-16,19H2,1-2H3,(H,25,26). The fourth-order valence-corrected chi connectivity index (χ4v) is 4.35. The fraction of sp³-hybridized carbons (Fsp3) is 0.583. The SMILES string of the molecule is CCNC(=NCc1ccccc1OCCN1CCOCC1)N1CCC(c2cnn(C)c2)C1. The Morgan fingerprint density at radius 2 is 2.09 bits per heavy atom. The van der Waals surface area contributed by atoms with Crippen LogP contribution in [0, 0.1) is 0 Å². The Kier molecular flexibility index (Phi) is 8.01. The molecule has 3 heterocycles. The molecule has 0 radical (unpaired) electrons. The van der Waals surface area contributed by atoms with Crippen LogP contribution in [-0.2, 0) is 18.3 Å². The number of hydrogen-bond acceptors (Lipinski definition) is 5. The normalized spacial score (nSPS) is 20.0. The van der Waals surface area contributed by atoms with Gasteiger partial charge in [0.25, 0.3) is 0 Å². The van der Waals surface area contributed by atoms with Gasteiger partial charge < -0.3 is 19.7 Å². The van der Waals surface area contributed by atoms with Crippen LogP contribution in [0.3, 0.4) is 0 Å². The van der Waals surface area contributed by atoms with Gasteiger partial charge in [-0.15, -0.1) is 0 Å². The summed E-state index contributed by atoms with van der Waals surface area (Å²) in [6, 6.07) is 8.24. The third-order valence-corrected chi connectivity index (χ3v) is 6.16. The lowest BCUT2D eigenvalue weighted by molar-refractivity contribution is 0.0322. The maximum absolute atomic E-state index is 6.14. The molecule has 2 aliphatic rings. The zero-order chi connectivity index (χ0) is 22.2. The Labute approximate surface area is 191 Å². The van der Waals surface area contributed by atoms with Crippen molar-refractivity contribution in [3.05, 3.63) is 47.8 Å². The highest BCUT2D eigenvalue weighted by Crippen LogP contribution is 2.27. The number of aromatic nitrogens is 2. The van der Waals surface area contributed by atoms with E-state index in [0.717, 1.165) is 76.2 Å². The molecule has 8 heteroatoms. The van der Waals surface area contributed by atoms with E-state index in [1.54, 1.807) is 0 Å². The monoisotopic (exact) mass is 440 g/mol. The predicted molar refractivity (Wildman–Crippen MR) is 126 cm³/mol. The van der Waals surface area contributed by atoms with Gasteiger partial charge in [-0.25, -0.2) is 4.99 Å². The molecule has 8 nitrogen and oxygen atoms in total. The highest BCUT2D eigenvalue weighted by atomic mass is 16.5. The molecule has 1 aromatic heterocycles. The maximum Gasteiger partial charge on any atom is 0.194 e. The molecule has 0 aliphatic carbocycles. The summed E-state index contributed by atoms with van der Waals surface area (Å²) in [6.45, 7) is 10.7. The van der Waals surface area contributed by atoms with Crippen molar-refractivity contribution in [2.24, 2.45) is 12.0 Å². The van der Waals surface area contributed by atoms with Crippen molar-refractivity contribution < 1.29 is 9.47 Å². The first-order valence-electron chi connectivity index (χ1n) is 11.8. The van der Waals surface area contributed by atoms with Crippen molar-refractivity contribution in [1.82, 2.24) is 24.9 Å². The summed E-state index contributed by atoms with van der Waals surface area (Å²) in [6.07, 6.45) is 5.24. The van der Waals surface area contributed by atoms with E-state index in [1.165, 1.54) is 5.56 Å². The Hall–Kier alpha value is -2.58. The molecule has 0 bridgehead atoms. The molecule has 2 aromatic rings. The first-order chi connectivity index (χ1) is 15.7. The van der Waals surface area contributed by atoms with Gasteiger partial charge in [-0.1, -0.05) is 18.2 Å². The molecule has 1 atom stereocenters. The van der Waals surface area contributed by atoms with Gasteiger partial charge in [-0.2, -0.15) is 5.10 Å². The zero-order valence-corrected chi connectivity index (χ0v) is 19.4. The number of para-hydroxylation sites is 1. The number of morpholine rings is 1. The number of hydrogen-bond donors (Lipinski definition) is 1. The molecular formula is C24H36N6O2. The number of nitrogens with one attached hydrogen (secondary N) is 1. The largest absolute Gasteiger partial charge is 0.492 e. The molecule has 1 aromatic carbocycles. The second kappa shape index (κ2) is 11.3. The molecule has 2 saturated heterocycles. The smallest absolute Gasteiger partial charge is 0.194 e. The van der Waals surface area contributed by atoms with E-state index in [1.807, 2.05) is 30.1 Å². The quantitative estimate of drug-likeness (QED) is 0.501. The molecule has 32 heavy (non-hydrogen) atoms. The summed E-state index contributed by atoms with van der Waals surface area (Å²) < 4.78 is 13.4. The molecule has 1 N–H and O–H groups in total. The van der Waals surface area contributed by atoms with Crippen LogP contribution in [-0.4, -0.2) is 84.6 Å². The lowest BCUT2D eigenvalue weighted by atomic mass is 10.0. The first-order valence-corrected chi connectivity index (χ1v) is 11.8. The average Bonchev–Trinajstić information content (AvgIpc) is 3.47. The summed E-state index contributed by atoms with van der Waals surface area (Å²) >= 11 is 0. The van der Waals surface area contributed by atoms with Crippen LogP contribution in [0.25, 0.3) is 0 Å². The number of benzene rings is 1. The number of aliphatic imine (C=N–C) groups is 1. The van der Waals surface area contributed by atoms with Gasteiger partial charge in [0.1, 0.15) is 12.4 Å². The second-order valence-electron chi connectivity index (χ2n) is 8.46. The molecule has 0 saturated carbocycles. The molecule has 2 fully saturated rings. The minimum atomic E-state index is 0.503. The predicted octanol–water partition coefficient (Wildman–Crippen LogP) is 2.09. The minimum Gasteiger partial charge on any atom is -0.492 e. The molecule has 1 unspecified atom stereocenters. The van der Waals surface area contributed by atoms with E-state index >= 15 is 0 Å². The van der Waals surface area contributed by atoms with Gasteiger partial charge >= 0.3 is 0 Å². The molecule has 2 aliphatic heterocycles. The van der Waals surface area contributed by atoms with E-state index < -0.39 is 0 Å². The fourth-order valence-electron chi connectivity index (χ4n) is 4.35. The number of aryl methyl sites for hydroxylation is 1. The molecule has 174 valence electrons. The number of likely N-dealkylation sites (tertiary alicyclic amines) is 1. The van der Waals surface area contributed by atoms with Crippen LogP contribution >= 0.6 is 0 Å². The van der Waals surface area contributed by atoms with Crippen LogP contribution in [0.1, 0.15) is 30.4 Å². The number of rotatable bonds is 8. The lowest BCUT2D eigenvalue weighted by Crippen LogP contribution is -2.40. The highest BCUT2D eigenvalue weighted by molar-refractivity contribution is 5.80. The van der Waals surface area contributed by atoms with Crippen LogP contribution in [0.2, 0.25) is 0 Å². The Balaban J connectivity index is 1.35. The molecule has 0 spiro atoms. The number of nitrogens with zero attached hydrogens (tertiary/aromatic N) is 5. The maximum atomic E-state index is 6.14. The number of ether oxygens (including phenoxy) is 2. The van der Waals surface area contributed by atoms with Crippen LogP contribution in [0.4, 0.5) is 0 Å². The van der Waals surface area contributed by atoms with E-state index in [-0.39, 0.29) is 0 Å². The van der Waals surface area contributed by atoms with Crippen molar-refractivity contribution in [2.75, 3.05) is 59.1 Å². The van der Waals surface area contributed by atoms with Crippen LogP contribution in [0.15, 0.2) is 41.7 Å². The Morgan fingerprint density at radius 1 is 1.25 bits per heavy atom. The van der Waals surface area contributed by atoms with Gasteiger partial charge in [0, 0.05) is 64.0 Å². The van der Waals surface area contributed by atoms with Gasteiger partial charge in [0.15, 0.2) is 5.96 Å².